The number of hydrogen-bond acceptors (Lipinski definition) is 3. The van der Waals surface area contributed by atoms with E-state index in [1.807, 2.05) is 24.3 Å². The smallest absolute Gasteiger partial charge is 0.331 e. The largest absolute Gasteiger partial charge is 0.494 e. The van der Waals surface area contributed by atoms with Crippen molar-refractivity contribution in [3.8, 4) is 11.5 Å². The van der Waals surface area contributed by atoms with Gasteiger partial charge < -0.3 is 14.6 Å². The van der Waals surface area contributed by atoms with Crippen molar-refractivity contribution < 1.29 is 19.4 Å². The first-order chi connectivity index (χ1) is 9.17. The molecule has 0 atom stereocenters. The van der Waals surface area contributed by atoms with E-state index in [1.165, 1.54) is 0 Å². The topological polar surface area (TPSA) is 55.8 Å². The fourth-order valence-corrected chi connectivity index (χ4v) is 1.47. The highest BCUT2D eigenvalue weighted by atomic mass is 16.5. The molecule has 1 rings (SSSR count). The molecule has 104 valence electrons. The Morgan fingerprint density at radius 2 is 1.74 bits per heavy atom. The van der Waals surface area contributed by atoms with E-state index in [-0.39, 0.29) is 6.61 Å². The van der Waals surface area contributed by atoms with Crippen molar-refractivity contribution in [3.05, 3.63) is 35.9 Å². The number of rotatable bonds is 8. The minimum atomic E-state index is -0.894. The van der Waals surface area contributed by atoms with Gasteiger partial charge >= 0.3 is 5.97 Å². The Morgan fingerprint density at radius 1 is 1.16 bits per heavy atom. The van der Waals surface area contributed by atoms with Crippen LogP contribution in [-0.4, -0.2) is 24.3 Å². The summed E-state index contributed by atoms with van der Waals surface area (Å²) >= 11 is 0. The molecular formula is C15H20O4. The van der Waals surface area contributed by atoms with Gasteiger partial charge in [0.25, 0.3) is 0 Å². The lowest BCUT2D eigenvalue weighted by atomic mass is 10.2. The van der Waals surface area contributed by atoms with Gasteiger partial charge in [-0.25, -0.2) is 4.79 Å². The van der Waals surface area contributed by atoms with Crippen LogP contribution in [0.25, 0.3) is 0 Å². The summed E-state index contributed by atoms with van der Waals surface area (Å²) < 4.78 is 10.9. The molecule has 19 heavy (non-hydrogen) atoms. The van der Waals surface area contributed by atoms with Gasteiger partial charge in [-0.1, -0.05) is 13.8 Å². The zero-order valence-corrected chi connectivity index (χ0v) is 11.4. The summed E-state index contributed by atoms with van der Waals surface area (Å²) in [5.74, 6) is 0.611. The Balaban J connectivity index is 2.47. The van der Waals surface area contributed by atoms with E-state index in [0.717, 1.165) is 12.2 Å². The molecule has 4 heteroatoms. The number of aliphatic carboxylic acids is 1. The second-order valence-electron chi connectivity index (χ2n) is 4.02. The van der Waals surface area contributed by atoms with Crippen LogP contribution < -0.4 is 9.47 Å². The standard InChI is InChI=1S/C15H20O4/c1-3-10-18-13-5-7-14(8-6-13)19-11-9-12(4-2)15(16)17/h5-9H,3-4,10-11H2,1-2H3,(H,16,17). The number of benzene rings is 1. The van der Waals surface area contributed by atoms with Crippen molar-refractivity contribution in [1.29, 1.82) is 0 Å². The van der Waals surface area contributed by atoms with Crippen LogP contribution in [0.15, 0.2) is 35.9 Å². The number of hydrogen-bond donors (Lipinski definition) is 1. The lowest BCUT2D eigenvalue weighted by Gasteiger charge is -2.07. The highest BCUT2D eigenvalue weighted by molar-refractivity contribution is 5.86. The summed E-state index contributed by atoms with van der Waals surface area (Å²) in [4.78, 5) is 10.8. The average Bonchev–Trinajstić information content (AvgIpc) is 2.42. The Hall–Kier alpha value is -1.97. The second kappa shape index (κ2) is 8.19. The number of carbonyl (C=O) groups is 1. The summed E-state index contributed by atoms with van der Waals surface area (Å²) in [6.07, 6.45) is 3.05. The lowest BCUT2D eigenvalue weighted by Crippen LogP contribution is -2.03. The Bertz CT molecular complexity index is 420. The first kappa shape index (κ1) is 15.1. The Kier molecular flexibility index (Phi) is 6.50. The molecule has 1 aromatic rings. The van der Waals surface area contributed by atoms with Crippen LogP contribution in [0, 0.1) is 0 Å². The van der Waals surface area contributed by atoms with Gasteiger partial charge in [0.2, 0.25) is 0 Å². The lowest BCUT2D eigenvalue weighted by molar-refractivity contribution is -0.132. The number of carboxylic acids is 1. The maximum atomic E-state index is 10.8. The molecule has 0 amide bonds. The van der Waals surface area contributed by atoms with Crippen molar-refractivity contribution in [2.24, 2.45) is 0 Å². The molecule has 1 aromatic carbocycles. The molecule has 0 saturated carbocycles. The average molecular weight is 264 g/mol. The minimum absolute atomic E-state index is 0.255. The maximum Gasteiger partial charge on any atom is 0.331 e. The van der Waals surface area contributed by atoms with Gasteiger partial charge in [0.1, 0.15) is 18.1 Å². The van der Waals surface area contributed by atoms with E-state index >= 15 is 0 Å². The number of ether oxygens (including phenoxy) is 2. The predicted octanol–water partition coefficient (Wildman–Crippen LogP) is 3.28. The van der Waals surface area contributed by atoms with Crippen molar-refractivity contribution in [2.75, 3.05) is 13.2 Å². The van der Waals surface area contributed by atoms with Crippen LogP contribution in [0.5, 0.6) is 11.5 Å². The zero-order chi connectivity index (χ0) is 14.1. The molecule has 0 radical (unpaired) electrons. The van der Waals surface area contributed by atoms with Crippen LogP contribution in [-0.2, 0) is 4.79 Å². The van der Waals surface area contributed by atoms with Gasteiger partial charge in [0.15, 0.2) is 0 Å². The van der Waals surface area contributed by atoms with Gasteiger partial charge in [0, 0.05) is 5.57 Å². The molecule has 0 aliphatic carbocycles. The quantitative estimate of drug-likeness (QED) is 0.732. The van der Waals surface area contributed by atoms with Crippen LogP contribution >= 0.6 is 0 Å². The fraction of sp³-hybridized carbons (Fsp3) is 0.400. The highest BCUT2D eigenvalue weighted by Crippen LogP contribution is 2.17. The third-order valence-corrected chi connectivity index (χ3v) is 2.53. The molecular weight excluding hydrogens is 244 g/mol. The van der Waals surface area contributed by atoms with Crippen LogP contribution in [0.2, 0.25) is 0 Å². The second-order valence-corrected chi connectivity index (χ2v) is 4.02. The summed E-state index contributed by atoms with van der Waals surface area (Å²) in [6, 6.07) is 7.30. The summed E-state index contributed by atoms with van der Waals surface area (Å²) in [6.45, 7) is 4.81. The van der Waals surface area contributed by atoms with Gasteiger partial charge in [-0.2, -0.15) is 0 Å². The van der Waals surface area contributed by atoms with Crippen molar-refractivity contribution in [2.45, 2.75) is 26.7 Å². The monoisotopic (exact) mass is 264 g/mol. The van der Waals surface area contributed by atoms with Crippen LogP contribution in [0.4, 0.5) is 0 Å². The van der Waals surface area contributed by atoms with E-state index in [1.54, 1.807) is 13.0 Å². The third kappa shape index (κ3) is 5.46. The minimum Gasteiger partial charge on any atom is -0.494 e. The molecule has 0 unspecified atom stereocenters. The van der Waals surface area contributed by atoms with E-state index in [0.29, 0.717) is 24.4 Å². The summed E-state index contributed by atoms with van der Waals surface area (Å²) in [5.41, 5.74) is 0.364. The molecule has 0 saturated heterocycles. The predicted molar refractivity (Wildman–Crippen MR) is 73.7 cm³/mol. The SMILES string of the molecule is CCCOc1ccc(OCC=C(CC)C(=O)O)cc1. The Labute approximate surface area is 113 Å². The summed E-state index contributed by atoms with van der Waals surface area (Å²) in [7, 11) is 0. The van der Waals surface area contributed by atoms with Crippen molar-refractivity contribution in [3.63, 3.8) is 0 Å². The molecule has 0 spiro atoms. The van der Waals surface area contributed by atoms with E-state index in [2.05, 4.69) is 6.92 Å². The molecule has 1 N–H and O–H groups in total. The van der Waals surface area contributed by atoms with Crippen LogP contribution in [0.3, 0.4) is 0 Å². The molecule has 0 heterocycles. The van der Waals surface area contributed by atoms with Crippen molar-refractivity contribution in [1.82, 2.24) is 0 Å². The molecule has 0 bridgehead atoms. The van der Waals surface area contributed by atoms with Crippen molar-refractivity contribution >= 4 is 5.97 Å². The zero-order valence-electron chi connectivity index (χ0n) is 11.4. The number of carboxylic acid groups (broad SMARTS) is 1. The Morgan fingerprint density at radius 3 is 2.21 bits per heavy atom. The highest BCUT2D eigenvalue weighted by Gasteiger charge is 2.03. The van der Waals surface area contributed by atoms with Gasteiger partial charge in [-0.05, 0) is 43.2 Å². The molecule has 0 aliphatic heterocycles. The van der Waals surface area contributed by atoms with E-state index in [9.17, 15) is 4.79 Å². The molecule has 0 aromatic heterocycles. The van der Waals surface area contributed by atoms with Crippen LogP contribution in [0.1, 0.15) is 26.7 Å². The molecule has 0 aliphatic rings. The normalized spacial score (nSPS) is 11.2. The van der Waals surface area contributed by atoms with E-state index in [4.69, 9.17) is 14.6 Å². The van der Waals surface area contributed by atoms with E-state index < -0.39 is 5.97 Å². The molecule has 4 nitrogen and oxygen atoms in total. The summed E-state index contributed by atoms with van der Waals surface area (Å²) in [5, 5.41) is 8.85. The fourth-order valence-electron chi connectivity index (χ4n) is 1.47. The van der Waals surface area contributed by atoms with Gasteiger partial charge in [-0.15, -0.1) is 0 Å². The third-order valence-electron chi connectivity index (χ3n) is 2.53. The first-order valence-corrected chi connectivity index (χ1v) is 6.45. The van der Waals surface area contributed by atoms with Gasteiger partial charge in [-0.3, -0.25) is 0 Å². The first-order valence-electron chi connectivity index (χ1n) is 6.45. The molecule has 0 fully saturated rings. The van der Waals surface area contributed by atoms with Gasteiger partial charge in [0.05, 0.1) is 6.61 Å². The maximum absolute atomic E-state index is 10.8.